The second-order valence-corrected chi connectivity index (χ2v) is 5.46. The molecule has 23 heavy (non-hydrogen) atoms. The Hall–Kier alpha value is -2.33. The molecular weight excluding hydrogens is 288 g/mol. The van der Waals surface area contributed by atoms with Crippen molar-refractivity contribution in [2.45, 2.75) is 25.9 Å². The van der Waals surface area contributed by atoms with Crippen molar-refractivity contribution in [3.63, 3.8) is 0 Å². The maximum atomic E-state index is 11.9. The van der Waals surface area contributed by atoms with Gasteiger partial charge in [0.25, 0.3) is 0 Å². The van der Waals surface area contributed by atoms with Gasteiger partial charge in [-0.1, -0.05) is 42.5 Å². The van der Waals surface area contributed by atoms with Crippen molar-refractivity contribution in [3.8, 4) is 5.75 Å². The number of methoxy groups -OCH3 is 1. The molecule has 4 heteroatoms. The smallest absolute Gasteiger partial charge is 0.221 e. The molecule has 0 heterocycles. The SMILES string of the molecule is COc1ccc(CNC(=O)CCNC(C)c2ccccc2)cc1. The molecule has 122 valence electrons. The van der Waals surface area contributed by atoms with E-state index in [1.165, 1.54) is 5.56 Å². The fraction of sp³-hybridized carbons (Fsp3) is 0.316. The highest BCUT2D eigenvalue weighted by Crippen LogP contribution is 2.11. The van der Waals surface area contributed by atoms with Gasteiger partial charge in [0.1, 0.15) is 5.75 Å². The van der Waals surface area contributed by atoms with Crippen LogP contribution < -0.4 is 15.4 Å². The predicted molar refractivity (Wildman–Crippen MR) is 92.3 cm³/mol. The molecule has 2 aromatic carbocycles. The highest BCUT2D eigenvalue weighted by Gasteiger charge is 2.06. The number of hydrogen-bond donors (Lipinski definition) is 2. The zero-order valence-corrected chi connectivity index (χ0v) is 13.7. The minimum absolute atomic E-state index is 0.0496. The molecule has 0 spiro atoms. The Morgan fingerprint density at radius 2 is 1.78 bits per heavy atom. The molecule has 1 amide bonds. The highest BCUT2D eigenvalue weighted by molar-refractivity contribution is 5.76. The maximum Gasteiger partial charge on any atom is 0.221 e. The zero-order valence-electron chi connectivity index (χ0n) is 13.7. The van der Waals surface area contributed by atoms with Gasteiger partial charge >= 0.3 is 0 Å². The third-order valence-electron chi connectivity index (χ3n) is 3.75. The van der Waals surface area contributed by atoms with Crippen molar-refractivity contribution in [2.24, 2.45) is 0 Å². The molecule has 0 bridgehead atoms. The van der Waals surface area contributed by atoms with E-state index < -0.39 is 0 Å². The van der Waals surface area contributed by atoms with E-state index in [1.807, 2.05) is 42.5 Å². The highest BCUT2D eigenvalue weighted by atomic mass is 16.5. The normalized spacial score (nSPS) is 11.7. The van der Waals surface area contributed by atoms with Gasteiger partial charge in [-0.2, -0.15) is 0 Å². The van der Waals surface area contributed by atoms with E-state index in [2.05, 4.69) is 29.7 Å². The molecule has 0 saturated heterocycles. The Balaban J connectivity index is 1.66. The minimum Gasteiger partial charge on any atom is -0.497 e. The molecule has 2 N–H and O–H groups in total. The predicted octanol–water partition coefficient (Wildman–Crippen LogP) is 3.05. The second kappa shape index (κ2) is 8.96. The number of benzene rings is 2. The van der Waals surface area contributed by atoms with Crippen LogP contribution in [0.4, 0.5) is 0 Å². The zero-order chi connectivity index (χ0) is 16.5. The first-order valence-electron chi connectivity index (χ1n) is 7.87. The van der Waals surface area contributed by atoms with Gasteiger partial charge in [0.05, 0.1) is 7.11 Å². The number of hydrogen-bond acceptors (Lipinski definition) is 3. The maximum absolute atomic E-state index is 11.9. The Morgan fingerprint density at radius 1 is 1.09 bits per heavy atom. The van der Waals surface area contributed by atoms with Crippen molar-refractivity contribution < 1.29 is 9.53 Å². The number of rotatable bonds is 8. The lowest BCUT2D eigenvalue weighted by atomic mass is 10.1. The Morgan fingerprint density at radius 3 is 2.43 bits per heavy atom. The van der Waals surface area contributed by atoms with E-state index in [4.69, 9.17) is 4.74 Å². The molecule has 1 atom stereocenters. The summed E-state index contributed by atoms with van der Waals surface area (Å²) in [5, 5.41) is 6.30. The second-order valence-electron chi connectivity index (χ2n) is 5.46. The van der Waals surface area contributed by atoms with Gasteiger partial charge in [-0.15, -0.1) is 0 Å². The Labute approximate surface area is 137 Å². The van der Waals surface area contributed by atoms with Crippen LogP contribution in [0.1, 0.15) is 30.5 Å². The standard InChI is InChI=1S/C19H24N2O2/c1-15(17-6-4-3-5-7-17)20-13-12-19(22)21-14-16-8-10-18(23-2)11-9-16/h3-11,15,20H,12-14H2,1-2H3,(H,21,22). The van der Waals surface area contributed by atoms with Crippen LogP contribution in [0, 0.1) is 0 Å². The summed E-state index contributed by atoms with van der Waals surface area (Å²) in [7, 11) is 1.64. The van der Waals surface area contributed by atoms with Gasteiger partial charge < -0.3 is 15.4 Å². The summed E-state index contributed by atoms with van der Waals surface area (Å²) in [4.78, 5) is 11.9. The first kappa shape index (κ1) is 17.0. The van der Waals surface area contributed by atoms with Gasteiger partial charge in [-0.05, 0) is 30.2 Å². The van der Waals surface area contributed by atoms with E-state index in [-0.39, 0.29) is 11.9 Å². The third kappa shape index (κ3) is 5.75. The minimum atomic E-state index is 0.0496. The van der Waals surface area contributed by atoms with E-state index in [0.717, 1.165) is 11.3 Å². The number of amides is 1. The molecule has 0 aliphatic carbocycles. The lowest BCUT2D eigenvalue weighted by Crippen LogP contribution is -2.28. The lowest BCUT2D eigenvalue weighted by Gasteiger charge is -2.14. The van der Waals surface area contributed by atoms with Gasteiger partial charge in [0, 0.05) is 25.6 Å². The van der Waals surface area contributed by atoms with Gasteiger partial charge in [-0.25, -0.2) is 0 Å². The molecule has 2 rings (SSSR count). The van der Waals surface area contributed by atoms with Crippen molar-refractivity contribution in [3.05, 3.63) is 65.7 Å². The van der Waals surface area contributed by atoms with E-state index in [0.29, 0.717) is 19.5 Å². The largest absolute Gasteiger partial charge is 0.497 e. The molecule has 0 radical (unpaired) electrons. The van der Waals surface area contributed by atoms with E-state index >= 15 is 0 Å². The van der Waals surface area contributed by atoms with Crippen LogP contribution in [0.5, 0.6) is 5.75 Å². The average Bonchev–Trinajstić information content (AvgIpc) is 2.61. The van der Waals surface area contributed by atoms with Crippen LogP contribution in [0.25, 0.3) is 0 Å². The quantitative estimate of drug-likeness (QED) is 0.787. The topological polar surface area (TPSA) is 50.4 Å². The van der Waals surface area contributed by atoms with Gasteiger partial charge in [0.15, 0.2) is 0 Å². The molecule has 0 aliphatic rings. The van der Waals surface area contributed by atoms with Crippen LogP contribution in [-0.2, 0) is 11.3 Å². The van der Waals surface area contributed by atoms with Gasteiger partial charge in [0.2, 0.25) is 5.91 Å². The molecule has 2 aromatic rings. The van der Waals surface area contributed by atoms with Crippen LogP contribution in [0.3, 0.4) is 0 Å². The molecule has 0 aliphatic heterocycles. The van der Waals surface area contributed by atoms with Crippen LogP contribution in [-0.4, -0.2) is 19.6 Å². The first-order chi connectivity index (χ1) is 11.2. The van der Waals surface area contributed by atoms with E-state index in [9.17, 15) is 4.79 Å². The lowest BCUT2D eigenvalue weighted by molar-refractivity contribution is -0.121. The molecular formula is C19H24N2O2. The van der Waals surface area contributed by atoms with Crippen molar-refractivity contribution in [1.82, 2.24) is 10.6 Å². The number of nitrogens with one attached hydrogen (secondary N) is 2. The van der Waals surface area contributed by atoms with Crippen molar-refractivity contribution in [1.29, 1.82) is 0 Å². The number of ether oxygens (including phenoxy) is 1. The molecule has 0 fully saturated rings. The van der Waals surface area contributed by atoms with Crippen LogP contribution in [0.2, 0.25) is 0 Å². The Bertz CT molecular complexity index is 597. The summed E-state index contributed by atoms with van der Waals surface area (Å²) >= 11 is 0. The summed E-state index contributed by atoms with van der Waals surface area (Å²) < 4.78 is 5.11. The van der Waals surface area contributed by atoms with Gasteiger partial charge in [-0.3, -0.25) is 4.79 Å². The van der Waals surface area contributed by atoms with Crippen LogP contribution >= 0.6 is 0 Å². The average molecular weight is 312 g/mol. The molecule has 0 saturated carbocycles. The Kier molecular flexibility index (Phi) is 6.63. The summed E-state index contributed by atoms with van der Waals surface area (Å²) in [6.07, 6.45) is 0.466. The van der Waals surface area contributed by atoms with E-state index in [1.54, 1.807) is 7.11 Å². The molecule has 1 unspecified atom stereocenters. The molecule has 4 nitrogen and oxygen atoms in total. The fourth-order valence-electron chi connectivity index (χ4n) is 2.29. The molecule has 0 aromatic heterocycles. The van der Waals surface area contributed by atoms with Crippen LogP contribution in [0.15, 0.2) is 54.6 Å². The monoisotopic (exact) mass is 312 g/mol. The van der Waals surface area contributed by atoms with Crippen molar-refractivity contribution in [2.75, 3.05) is 13.7 Å². The summed E-state index contributed by atoms with van der Waals surface area (Å²) in [6.45, 7) is 3.30. The summed E-state index contributed by atoms with van der Waals surface area (Å²) in [6, 6.07) is 18.2. The third-order valence-corrected chi connectivity index (χ3v) is 3.75. The fourth-order valence-corrected chi connectivity index (χ4v) is 2.29. The van der Waals surface area contributed by atoms with Crippen molar-refractivity contribution >= 4 is 5.91 Å². The first-order valence-corrected chi connectivity index (χ1v) is 7.87. The summed E-state index contributed by atoms with van der Waals surface area (Å²) in [5.41, 5.74) is 2.29. The number of carbonyl (C=O) groups excluding carboxylic acids is 1. The summed E-state index contributed by atoms with van der Waals surface area (Å²) in [5.74, 6) is 0.868. The number of carbonyl (C=O) groups is 1.